The highest BCUT2D eigenvalue weighted by Crippen LogP contribution is 2.47. The molecule has 8 aromatic rings. The van der Waals surface area contributed by atoms with Crippen molar-refractivity contribution in [3.05, 3.63) is 157 Å². The highest BCUT2D eigenvalue weighted by molar-refractivity contribution is 6.24. The minimum Gasteiger partial charge on any atom is -0.0616 e. The van der Waals surface area contributed by atoms with Crippen molar-refractivity contribution >= 4 is 43.1 Å². The zero-order valence-electron chi connectivity index (χ0n) is 39.5. The maximum atomic E-state index is 9.45. The van der Waals surface area contributed by atoms with E-state index in [1.54, 1.807) is 42.5 Å². The summed E-state index contributed by atoms with van der Waals surface area (Å²) in [6.07, 6.45) is 0. The van der Waals surface area contributed by atoms with E-state index in [1.807, 2.05) is 0 Å². The molecule has 40 heavy (non-hydrogen) atoms. The topological polar surface area (TPSA) is 0 Å². The van der Waals surface area contributed by atoms with Gasteiger partial charge in [-0.15, -0.1) is 0 Å². The molecule has 0 heteroatoms. The summed E-state index contributed by atoms with van der Waals surface area (Å²) in [5.41, 5.74) is -2.14. The van der Waals surface area contributed by atoms with E-state index in [2.05, 4.69) is 0 Å². The number of rotatable bonds is 3. The van der Waals surface area contributed by atoms with E-state index < -0.39 is 159 Å². The van der Waals surface area contributed by atoms with E-state index in [-0.39, 0.29) is 16.3 Å². The molecule has 186 valence electrons. The minimum atomic E-state index is -0.901. The summed E-state index contributed by atoms with van der Waals surface area (Å²) in [4.78, 5) is 0. The Hall–Kier alpha value is -5.20. The first-order chi connectivity index (χ1) is 27.8. The fraction of sp³-hybridized carbons (Fsp3) is 0. The molecule has 0 unspecified atom stereocenters. The molecule has 0 aromatic heterocycles. The van der Waals surface area contributed by atoms with Crippen molar-refractivity contribution < 1.29 is 26.0 Å². The van der Waals surface area contributed by atoms with Gasteiger partial charge in [-0.1, -0.05) is 157 Å². The molecule has 0 atom stereocenters. The van der Waals surface area contributed by atoms with E-state index in [4.69, 9.17) is 17.8 Å². The Bertz CT molecular complexity index is 3170. The third kappa shape index (κ3) is 3.47. The number of fused-ring (bicyclic) bond motifs is 4. The first kappa shape index (κ1) is 10.8. The van der Waals surface area contributed by atoms with E-state index >= 15 is 0 Å². The molecule has 0 saturated heterocycles. The van der Waals surface area contributed by atoms with Gasteiger partial charge in [0.15, 0.2) is 0 Å². The van der Waals surface area contributed by atoms with Crippen molar-refractivity contribution in [3.63, 3.8) is 0 Å². The van der Waals surface area contributed by atoms with Gasteiger partial charge in [0.1, 0.15) is 0 Å². The van der Waals surface area contributed by atoms with Crippen molar-refractivity contribution in [2.45, 2.75) is 0 Å². The predicted octanol–water partition coefficient (Wildman–Crippen LogP) is 11.3. The van der Waals surface area contributed by atoms with Crippen LogP contribution in [0.5, 0.6) is 0 Å². The molecule has 0 aliphatic heterocycles. The van der Waals surface area contributed by atoms with Crippen LogP contribution in [-0.4, -0.2) is 0 Å². The molecule has 0 aliphatic carbocycles. The highest BCUT2D eigenvalue weighted by atomic mass is 14.2. The Kier molecular flexibility index (Phi) is 2.48. The van der Waals surface area contributed by atoms with Crippen LogP contribution in [0.4, 0.5) is 0 Å². The second-order valence-corrected chi connectivity index (χ2v) is 9.03. The van der Waals surface area contributed by atoms with E-state index in [1.165, 1.54) is 0 Å². The molecular weight excluding hydrogens is 480 g/mol. The van der Waals surface area contributed by atoms with Gasteiger partial charge < -0.3 is 0 Å². The normalized spacial score (nSPS) is 18.1. The van der Waals surface area contributed by atoms with Crippen LogP contribution >= 0.6 is 0 Å². The van der Waals surface area contributed by atoms with Crippen molar-refractivity contribution in [3.8, 4) is 33.4 Å². The highest BCUT2D eigenvalue weighted by Gasteiger charge is 2.20. The number of benzene rings is 8. The Morgan fingerprint density at radius 1 is 0.300 bits per heavy atom. The molecule has 0 aliphatic rings. The summed E-state index contributed by atoms with van der Waals surface area (Å²) in [6.45, 7) is 0. The van der Waals surface area contributed by atoms with Gasteiger partial charge in [0.2, 0.25) is 0 Å². The van der Waals surface area contributed by atoms with Gasteiger partial charge >= 0.3 is 0 Å². The smallest absolute Gasteiger partial charge is 0.0616 e. The summed E-state index contributed by atoms with van der Waals surface area (Å²) < 4.78 is 170. The molecule has 0 radical (unpaired) electrons. The molecule has 8 aromatic carbocycles. The Morgan fingerprint density at radius 2 is 0.800 bits per heavy atom. The molecule has 0 N–H and O–H groups in total. The molecule has 0 bridgehead atoms. The number of hydrogen-bond donors (Lipinski definition) is 0. The van der Waals surface area contributed by atoms with Crippen LogP contribution < -0.4 is 0 Å². The standard InChI is InChI=1S/C40H26/c1-3-17-29-27(13-1)15-11-25-31(29)32-19-5-6-20-34(32)40-37-23-9-7-21-35(37)39(36-22-8-10-24-38(36)40)33-26-12-16-28-14-2-4-18-30(28)33/h1-26H/i1D,3D,5D,6D,7D,8D,9D,10D,11D,13D,15D,17D,19D,20D,21D,22D,23D,24D,25D. The molecule has 0 heterocycles. The lowest BCUT2D eigenvalue weighted by molar-refractivity contribution is 1.63. The molecule has 0 nitrogen and oxygen atoms in total. The molecule has 8 rings (SSSR count). The van der Waals surface area contributed by atoms with Crippen LogP contribution in [0, 0.1) is 0 Å². The molecule has 0 spiro atoms. The maximum Gasteiger partial charge on any atom is 0.0629 e. The Balaban J connectivity index is 1.79. The van der Waals surface area contributed by atoms with Crippen molar-refractivity contribution in [1.82, 2.24) is 0 Å². The Labute approximate surface area is 260 Å². The van der Waals surface area contributed by atoms with Gasteiger partial charge in [-0.2, -0.15) is 0 Å². The second-order valence-electron chi connectivity index (χ2n) is 9.03. The lowest BCUT2D eigenvalue weighted by Crippen LogP contribution is -1.93. The molecular formula is C40H26. The van der Waals surface area contributed by atoms with Crippen LogP contribution in [0.15, 0.2) is 157 Å². The van der Waals surface area contributed by atoms with Crippen LogP contribution in [0.3, 0.4) is 0 Å². The summed E-state index contributed by atoms with van der Waals surface area (Å²) >= 11 is 0. The summed E-state index contributed by atoms with van der Waals surface area (Å²) in [6, 6.07) is -2.93. The fourth-order valence-corrected chi connectivity index (χ4v) is 5.28. The van der Waals surface area contributed by atoms with Crippen LogP contribution in [0.2, 0.25) is 0 Å². The maximum absolute atomic E-state index is 9.45. The quantitative estimate of drug-likeness (QED) is 0.201. The van der Waals surface area contributed by atoms with Gasteiger partial charge in [-0.3, -0.25) is 0 Å². The lowest BCUT2D eigenvalue weighted by atomic mass is 9.82. The average Bonchev–Trinajstić information content (AvgIpc) is 3.23. The summed E-state index contributed by atoms with van der Waals surface area (Å²) in [5.74, 6) is 0. The van der Waals surface area contributed by atoms with Crippen molar-refractivity contribution in [2.75, 3.05) is 0 Å². The van der Waals surface area contributed by atoms with Crippen LogP contribution in [-0.2, 0) is 0 Å². The Morgan fingerprint density at radius 3 is 1.52 bits per heavy atom. The first-order valence-corrected chi connectivity index (χ1v) is 12.3. The fourth-order valence-electron chi connectivity index (χ4n) is 5.28. The van der Waals surface area contributed by atoms with E-state index in [0.717, 1.165) is 0 Å². The first-order valence-electron chi connectivity index (χ1n) is 21.8. The minimum absolute atomic E-state index is 0.0234. The summed E-state index contributed by atoms with van der Waals surface area (Å²) in [5, 5.41) is -1.20. The van der Waals surface area contributed by atoms with E-state index in [9.17, 15) is 8.22 Å². The molecule has 0 fully saturated rings. The van der Waals surface area contributed by atoms with Gasteiger partial charge in [-0.25, -0.2) is 0 Å². The average molecular weight is 526 g/mol. The number of hydrogen-bond acceptors (Lipinski definition) is 0. The van der Waals surface area contributed by atoms with Gasteiger partial charge in [0.05, 0.1) is 26.0 Å². The van der Waals surface area contributed by atoms with Crippen LogP contribution in [0.1, 0.15) is 26.0 Å². The van der Waals surface area contributed by atoms with Gasteiger partial charge in [-0.05, 0) is 76.5 Å². The molecule has 0 amide bonds. The zero-order chi connectivity index (χ0) is 43.0. The monoisotopic (exact) mass is 525 g/mol. The molecule has 0 saturated carbocycles. The SMILES string of the molecule is [2H]c1c([2H])c([2H])c(-c2c3c([2H])c([2H])c([2H])c([2H])c3c(-c3cccc4ccccc34)c3c([2H])c([2H])c([2H])c([2H])c23)c(-c2c([2H])c([2H])c([2H])c3c([2H])c([2H])c([2H])c([2H])c23)c1[2H]. The van der Waals surface area contributed by atoms with Crippen molar-refractivity contribution in [1.29, 1.82) is 0 Å². The summed E-state index contributed by atoms with van der Waals surface area (Å²) in [7, 11) is 0. The van der Waals surface area contributed by atoms with E-state index in [0.29, 0.717) is 16.3 Å². The largest absolute Gasteiger partial charge is 0.0629 e. The van der Waals surface area contributed by atoms with Gasteiger partial charge in [0, 0.05) is 0 Å². The van der Waals surface area contributed by atoms with Crippen LogP contribution in [0.25, 0.3) is 76.5 Å². The second kappa shape index (κ2) is 9.22. The predicted molar refractivity (Wildman–Crippen MR) is 173 cm³/mol. The third-order valence-corrected chi connectivity index (χ3v) is 6.93. The van der Waals surface area contributed by atoms with Crippen molar-refractivity contribution in [2.24, 2.45) is 0 Å². The lowest BCUT2D eigenvalue weighted by Gasteiger charge is -2.20. The zero-order valence-corrected chi connectivity index (χ0v) is 20.5. The van der Waals surface area contributed by atoms with Gasteiger partial charge in [0.25, 0.3) is 0 Å². The third-order valence-electron chi connectivity index (χ3n) is 6.93.